The molecule has 0 aromatic carbocycles. The fraction of sp³-hybridized carbons (Fsp3) is 0.811. The maximum Gasteiger partial charge on any atom is 0.481 e. The van der Waals surface area contributed by atoms with E-state index < -0.39 is 120 Å². The van der Waals surface area contributed by atoms with Crippen molar-refractivity contribution in [2.45, 2.75) is 237 Å². The second kappa shape index (κ2) is 37.1. The van der Waals surface area contributed by atoms with Gasteiger partial charge in [0.1, 0.15) is 30.9 Å². The number of hydrogen-bond donors (Lipinski definition) is 8. The first-order valence-electron chi connectivity index (χ1n) is 28.0. The van der Waals surface area contributed by atoms with Gasteiger partial charge in [0.25, 0.3) is 0 Å². The molecule has 1 fully saturated rings. The molecule has 438 valence electrons. The number of carbonyl (C=O) groups excluding carboxylic acids is 2. The van der Waals surface area contributed by atoms with Gasteiger partial charge < -0.3 is 55.3 Å². The van der Waals surface area contributed by atoms with E-state index in [9.17, 15) is 58.8 Å². The molecule has 1 aromatic rings. The van der Waals surface area contributed by atoms with Crippen molar-refractivity contribution in [1.29, 1.82) is 0 Å². The fourth-order valence-corrected chi connectivity index (χ4v) is 11.4. The number of aliphatic hydroxyl groups is 5. The predicted molar refractivity (Wildman–Crippen MR) is 286 cm³/mol. The third-order valence-electron chi connectivity index (χ3n) is 13.8. The van der Waals surface area contributed by atoms with Crippen LogP contribution in [0, 0.1) is 17.8 Å². The summed E-state index contributed by atoms with van der Waals surface area (Å²) < 4.78 is 59.1. The van der Waals surface area contributed by atoms with Gasteiger partial charge in [-0.3, -0.25) is 23.2 Å². The minimum atomic E-state index is -5.70. The Morgan fingerprint density at radius 3 is 2.03 bits per heavy atom. The molecule has 21 nitrogen and oxygen atoms in total. The van der Waals surface area contributed by atoms with Gasteiger partial charge in [-0.2, -0.15) is 9.29 Å². The Labute approximate surface area is 450 Å². The number of fused-ring (bicyclic) bond motifs is 3. The predicted octanol–water partition coefficient (Wildman–Crippen LogP) is 8.41. The third-order valence-corrected chi connectivity index (χ3v) is 16.4. The fourth-order valence-electron chi connectivity index (χ4n) is 9.30. The first-order valence-corrected chi connectivity index (χ1v) is 31.0. The SMILES string of the molecule is CCCCC[C@H](O)/C=C\[C@@H]1[C@H](O)[C@H](O)[C@H]2COP(=O)(O)OP(=O)(O)OC[C@@H](COC(=O)CCCCCCCCCCCCCCCCCC(C)C)OC(=O)CCCC=CC[C@H]([C@H](n3ccc(N)nc3=O)O2)[C@@H](O)C[C@H]1O. The Morgan fingerprint density at radius 2 is 1.42 bits per heavy atom. The number of allylic oxidation sites excluding steroid dienone is 2. The zero-order chi connectivity index (χ0) is 55.9. The Morgan fingerprint density at radius 1 is 0.829 bits per heavy atom. The number of nitrogens with zero attached hydrogens (tertiary/aromatic N) is 2. The Kier molecular flexibility index (Phi) is 32.9. The Balaban J connectivity index is 1.69. The number of unbranched alkanes of at least 4 members (excludes halogenated alkanes) is 16. The lowest BCUT2D eigenvalue weighted by atomic mass is 9.82. The van der Waals surface area contributed by atoms with Crippen LogP contribution in [-0.4, -0.2) is 119 Å². The number of nitrogens with two attached hydrogens (primary N) is 1. The lowest BCUT2D eigenvalue weighted by Gasteiger charge is -2.40. The van der Waals surface area contributed by atoms with Gasteiger partial charge in [0, 0.05) is 37.3 Å². The molecule has 3 rings (SSSR count). The number of ether oxygens (including phenoxy) is 3. The Hall–Kier alpha value is -2.88. The van der Waals surface area contributed by atoms with Crippen LogP contribution in [0.3, 0.4) is 0 Å². The summed E-state index contributed by atoms with van der Waals surface area (Å²) in [4.78, 5) is 64.2. The minimum absolute atomic E-state index is 0.0814. The molecule has 2 aliphatic heterocycles. The van der Waals surface area contributed by atoms with Crippen LogP contribution in [0.2, 0.25) is 0 Å². The minimum Gasteiger partial charge on any atom is -0.462 e. The standard InChI is InChI=1S/C53H93N3O18P2/c1-4-5-21-27-40(57)31-32-42-44(58)35-45(59)43-28-23-19-20-25-30-49(61)72-41(36-69-48(60)29-24-18-16-14-12-10-8-6-7-9-11-13-15-17-22-26-39(2)3)37-70-75(65,66)74-76(67,68)71-38-46(51(63)50(42)62)73-52(43)56-34-33-47(54)55-53(56)64/h19,23,31-34,39-46,50-52,57-59,62-63H,4-18,20-22,24-30,35-38H2,1-3H3,(H,65,66)(H,67,68)(H2,54,55,64)/b23-19?,32-31-/t40-,41+,42-,43-,44+,45-,46+,50-,51+,52+/m0/s1. The van der Waals surface area contributed by atoms with E-state index in [1.165, 1.54) is 95.0 Å². The van der Waals surface area contributed by atoms with Gasteiger partial charge in [0.2, 0.25) is 0 Å². The van der Waals surface area contributed by atoms with E-state index in [4.69, 9.17) is 29.0 Å². The van der Waals surface area contributed by atoms with Crippen LogP contribution in [-0.2, 0) is 46.3 Å². The quantitative estimate of drug-likeness (QED) is 0.0177. The number of phosphoric acid groups is 2. The van der Waals surface area contributed by atoms with Crippen molar-refractivity contribution in [2.75, 3.05) is 25.6 Å². The molecule has 1 saturated heterocycles. The van der Waals surface area contributed by atoms with Gasteiger partial charge in [-0.05, 0) is 44.1 Å². The number of aromatic nitrogens is 2. The van der Waals surface area contributed by atoms with Crippen molar-refractivity contribution in [2.24, 2.45) is 17.8 Å². The van der Waals surface area contributed by atoms with E-state index in [1.54, 1.807) is 12.2 Å². The molecule has 0 saturated carbocycles. The number of cyclic esters (lactones) is 1. The van der Waals surface area contributed by atoms with E-state index in [2.05, 4.69) is 23.1 Å². The monoisotopic (exact) mass is 1120 g/mol. The first-order chi connectivity index (χ1) is 36.2. The first kappa shape index (κ1) is 67.4. The molecular formula is C53H93N3O18P2. The number of hydrogen-bond acceptors (Lipinski definition) is 18. The summed E-state index contributed by atoms with van der Waals surface area (Å²) in [6, 6.07) is 1.25. The highest BCUT2D eigenvalue weighted by molar-refractivity contribution is 7.61. The van der Waals surface area contributed by atoms with Crippen molar-refractivity contribution in [3.63, 3.8) is 0 Å². The summed E-state index contributed by atoms with van der Waals surface area (Å²) in [6.45, 7) is 3.85. The van der Waals surface area contributed by atoms with Crippen LogP contribution in [0.25, 0.3) is 0 Å². The maximum atomic E-state index is 13.4. The smallest absolute Gasteiger partial charge is 0.462 e. The van der Waals surface area contributed by atoms with Gasteiger partial charge in [-0.15, -0.1) is 0 Å². The maximum absolute atomic E-state index is 13.4. The van der Waals surface area contributed by atoms with Crippen LogP contribution in [0.4, 0.5) is 5.82 Å². The number of anilines is 1. The zero-order valence-corrected chi connectivity index (χ0v) is 47.1. The number of phosphoric ester groups is 2. The van der Waals surface area contributed by atoms with Crippen LogP contribution in [0.1, 0.15) is 194 Å². The zero-order valence-electron chi connectivity index (χ0n) is 45.3. The molecule has 2 bridgehead atoms. The highest BCUT2D eigenvalue weighted by atomic mass is 31.3. The lowest BCUT2D eigenvalue weighted by molar-refractivity contribution is -0.194. The molecule has 1 aromatic heterocycles. The summed E-state index contributed by atoms with van der Waals surface area (Å²) in [5, 5.41) is 57.5. The van der Waals surface area contributed by atoms with E-state index in [0.29, 0.717) is 19.3 Å². The second-order valence-corrected chi connectivity index (χ2v) is 23.9. The van der Waals surface area contributed by atoms with Crippen molar-refractivity contribution in [3.8, 4) is 0 Å². The van der Waals surface area contributed by atoms with Crippen molar-refractivity contribution in [3.05, 3.63) is 47.1 Å². The van der Waals surface area contributed by atoms with Crippen molar-refractivity contribution in [1.82, 2.24) is 9.55 Å². The van der Waals surface area contributed by atoms with Crippen molar-refractivity contribution < 1.29 is 81.6 Å². The molecule has 3 heterocycles. The Bertz CT molecular complexity index is 2010. The number of esters is 2. The molecule has 76 heavy (non-hydrogen) atoms. The van der Waals surface area contributed by atoms with Gasteiger partial charge in [-0.25, -0.2) is 13.9 Å². The number of rotatable bonds is 27. The molecule has 23 heteroatoms. The number of carbonyl (C=O) groups is 2. The topological polar surface area (TPSA) is 326 Å². The second-order valence-electron chi connectivity index (χ2n) is 20.9. The van der Waals surface area contributed by atoms with E-state index in [-0.39, 0.29) is 37.9 Å². The van der Waals surface area contributed by atoms with Gasteiger partial charge in [-0.1, -0.05) is 161 Å². The molecule has 2 unspecified atom stereocenters. The van der Waals surface area contributed by atoms with Crippen LogP contribution in [0.5, 0.6) is 0 Å². The molecule has 0 spiro atoms. The largest absolute Gasteiger partial charge is 0.481 e. The number of nitrogen functional groups attached to an aromatic ring is 1. The van der Waals surface area contributed by atoms with Crippen LogP contribution < -0.4 is 11.4 Å². The molecule has 0 amide bonds. The molecule has 0 radical (unpaired) electrons. The molecule has 9 N–H and O–H groups in total. The summed E-state index contributed by atoms with van der Waals surface area (Å²) >= 11 is 0. The summed E-state index contributed by atoms with van der Waals surface area (Å²) in [5.41, 5.74) is 4.78. The van der Waals surface area contributed by atoms with Crippen molar-refractivity contribution >= 4 is 33.4 Å². The normalized spacial score (nSPS) is 29.3. The average Bonchev–Trinajstić information content (AvgIpc) is 3.35. The lowest BCUT2D eigenvalue weighted by Crippen LogP contribution is -2.52. The molecule has 2 aliphatic rings. The van der Waals surface area contributed by atoms with E-state index in [0.717, 1.165) is 49.0 Å². The molecule has 12 atom stereocenters. The summed E-state index contributed by atoms with van der Waals surface area (Å²) in [5.74, 6) is -3.33. The highest BCUT2D eigenvalue weighted by Crippen LogP contribution is 2.60. The summed E-state index contributed by atoms with van der Waals surface area (Å²) in [6.07, 6.45) is 15.4. The number of aliphatic hydroxyl groups excluding tert-OH is 5. The van der Waals surface area contributed by atoms with Crippen LogP contribution in [0.15, 0.2) is 41.4 Å². The van der Waals surface area contributed by atoms with Gasteiger partial charge in [0.05, 0.1) is 37.6 Å². The summed E-state index contributed by atoms with van der Waals surface area (Å²) in [7, 11) is -11.3. The third kappa shape index (κ3) is 27.8. The van der Waals surface area contributed by atoms with E-state index >= 15 is 0 Å². The highest BCUT2D eigenvalue weighted by Gasteiger charge is 2.45. The van der Waals surface area contributed by atoms with Crippen LogP contribution >= 0.6 is 15.6 Å². The van der Waals surface area contributed by atoms with Gasteiger partial charge >= 0.3 is 33.3 Å². The van der Waals surface area contributed by atoms with E-state index in [1.807, 2.05) is 6.92 Å². The van der Waals surface area contributed by atoms with Gasteiger partial charge in [0.15, 0.2) is 6.10 Å². The molecular weight excluding hydrogens is 1030 g/mol. The molecule has 0 aliphatic carbocycles. The average molecular weight is 1120 g/mol.